The number of nitrogens with one attached hydrogen (secondary N) is 1. The molecule has 3 nitrogen and oxygen atoms in total. The summed E-state index contributed by atoms with van der Waals surface area (Å²) < 4.78 is 19.8. The Kier molecular flexibility index (Phi) is 2.01. The molecular weight excluding hydrogens is 277 g/mol. The number of amides is 1. The average Bonchev–Trinajstić information content (AvgIpc) is 2.13. The van der Waals surface area contributed by atoms with Gasteiger partial charge in [0.25, 0.3) is 5.91 Å². The van der Waals surface area contributed by atoms with Crippen molar-refractivity contribution in [3.63, 3.8) is 0 Å². The lowest BCUT2D eigenvalue weighted by Gasteiger charge is -2.43. The Hall–Kier alpha value is -1.10. The quantitative estimate of drug-likeness (QED) is 0.796. The fourth-order valence-corrected chi connectivity index (χ4v) is 2.49. The van der Waals surface area contributed by atoms with Gasteiger partial charge < -0.3 is 10.1 Å². The van der Waals surface area contributed by atoms with E-state index >= 15 is 0 Å². The highest BCUT2D eigenvalue weighted by molar-refractivity contribution is 9.10. The molecule has 0 bridgehead atoms. The van der Waals surface area contributed by atoms with Crippen LogP contribution in [0.5, 0.6) is 5.75 Å². The highest BCUT2D eigenvalue weighted by Gasteiger charge is 2.50. The summed E-state index contributed by atoms with van der Waals surface area (Å²) in [4.78, 5) is 11.8. The molecule has 16 heavy (non-hydrogen) atoms. The van der Waals surface area contributed by atoms with Crippen LogP contribution in [0.1, 0.15) is 19.3 Å². The van der Waals surface area contributed by atoms with Crippen molar-refractivity contribution in [1.82, 2.24) is 0 Å². The van der Waals surface area contributed by atoms with Gasteiger partial charge in [0.1, 0.15) is 0 Å². The Morgan fingerprint density at radius 1 is 1.44 bits per heavy atom. The van der Waals surface area contributed by atoms with Crippen LogP contribution in [0.3, 0.4) is 0 Å². The van der Waals surface area contributed by atoms with Crippen molar-refractivity contribution < 1.29 is 13.9 Å². The van der Waals surface area contributed by atoms with Gasteiger partial charge in [-0.25, -0.2) is 4.39 Å². The molecule has 1 saturated carbocycles. The fourth-order valence-electron chi connectivity index (χ4n) is 2.06. The molecule has 1 aromatic carbocycles. The third kappa shape index (κ3) is 1.27. The Balaban J connectivity index is 2.08. The van der Waals surface area contributed by atoms with Crippen molar-refractivity contribution in [2.75, 3.05) is 5.32 Å². The molecule has 0 radical (unpaired) electrons. The second-order valence-electron chi connectivity index (χ2n) is 4.17. The van der Waals surface area contributed by atoms with E-state index in [2.05, 4.69) is 21.2 Å². The zero-order valence-electron chi connectivity index (χ0n) is 8.35. The molecular formula is C11H9BrFNO2. The van der Waals surface area contributed by atoms with Gasteiger partial charge in [-0.1, -0.05) is 15.9 Å². The molecule has 1 spiro atoms. The standard InChI is InChI=1S/C11H9BrFNO2/c12-6-4-7(13)9-8(5-6)14-10(15)11(16-9)2-1-3-11/h4-5H,1-3H2,(H,14,15). The first-order valence-corrected chi connectivity index (χ1v) is 5.90. The second kappa shape index (κ2) is 3.20. The molecule has 1 fully saturated rings. The van der Waals surface area contributed by atoms with E-state index in [1.54, 1.807) is 6.07 Å². The van der Waals surface area contributed by atoms with E-state index in [-0.39, 0.29) is 11.7 Å². The highest BCUT2D eigenvalue weighted by Crippen LogP contribution is 2.45. The van der Waals surface area contributed by atoms with Gasteiger partial charge in [0.2, 0.25) is 0 Å². The predicted octanol–water partition coefficient (Wildman–Crippen LogP) is 2.84. The first-order chi connectivity index (χ1) is 7.61. The van der Waals surface area contributed by atoms with Gasteiger partial charge in [0.05, 0.1) is 5.69 Å². The summed E-state index contributed by atoms with van der Waals surface area (Å²) in [7, 11) is 0. The van der Waals surface area contributed by atoms with E-state index < -0.39 is 11.4 Å². The van der Waals surface area contributed by atoms with Crippen molar-refractivity contribution in [3.05, 3.63) is 22.4 Å². The van der Waals surface area contributed by atoms with E-state index in [0.29, 0.717) is 23.0 Å². The topological polar surface area (TPSA) is 38.3 Å². The van der Waals surface area contributed by atoms with Gasteiger partial charge in [-0.05, 0) is 31.4 Å². The molecule has 3 rings (SSSR count). The first-order valence-electron chi connectivity index (χ1n) is 5.10. The van der Waals surface area contributed by atoms with Gasteiger partial charge in [-0.2, -0.15) is 0 Å². The molecule has 1 heterocycles. The van der Waals surface area contributed by atoms with Crippen LogP contribution in [0.25, 0.3) is 0 Å². The maximum Gasteiger partial charge on any atom is 0.268 e. The zero-order valence-corrected chi connectivity index (χ0v) is 9.93. The highest BCUT2D eigenvalue weighted by atomic mass is 79.9. The molecule has 84 valence electrons. The van der Waals surface area contributed by atoms with Crippen LogP contribution >= 0.6 is 15.9 Å². The normalized spacial score (nSPS) is 20.8. The number of carbonyl (C=O) groups is 1. The van der Waals surface area contributed by atoms with Crippen molar-refractivity contribution in [1.29, 1.82) is 0 Å². The maximum atomic E-state index is 13.7. The summed E-state index contributed by atoms with van der Waals surface area (Å²) >= 11 is 3.17. The monoisotopic (exact) mass is 285 g/mol. The summed E-state index contributed by atoms with van der Waals surface area (Å²) in [5, 5.41) is 2.70. The van der Waals surface area contributed by atoms with E-state index in [1.165, 1.54) is 6.07 Å². The Morgan fingerprint density at radius 3 is 2.81 bits per heavy atom. The number of carbonyl (C=O) groups excluding carboxylic acids is 1. The van der Waals surface area contributed by atoms with Crippen LogP contribution in [0, 0.1) is 5.82 Å². The van der Waals surface area contributed by atoms with Crippen LogP contribution in [0.4, 0.5) is 10.1 Å². The molecule has 1 aliphatic heterocycles. The van der Waals surface area contributed by atoms with Gasteiger partial charge in [0.15, 0.2) is 17.2 Å². The number of hydrogen-bond acceptors (Lipinski definition) is 2. The minimum atomic E-state index is -0.818. The molecule has 0 aromatic heterocycles. The average molecular weight is 286 g/mol. The van der Waals surface area contributed by atoms with E-state index in [1.807, 2.05) is 0 Å². The van der Waals surface area contributed by atoms with Crippen LogP contribution < -0.4 is 10.1 Å². The summed E-state index contributed by atoms with van der Waals surface area (Å²) in [5.41, 5.74) is -0.420. The summed E-state index contributed by atoms with van der Waals surface area (Å²) in [6.45, 7) is 0. The molecule has 2 aliphatic rings. The first kappa shape index (κ1) is 10.1. The summed E-state index contributed by atoms with van der Waals surface area (Å²) in [5.74, 6) is -0.457. The molecule has 0 atom stereocenters. The largest absolute Gasteiger partial charge is 0.472 e. The number of rotatable bonds is 0. The lowest BCUT2D eigenvalue weighted by atomic mass is 9.78. The lowest BCUT2D eigenvalue weighted by molar-refractivity contribution is -0.140. The Morgan fingerprint density at radius 2 is 2.19 bits per heavy atom. The second-order valence-corrected chi connectivity index (χ2v) is 5.08. The molecule has 1 aliphatic carbocycles. The van der Waals surface area contributed by atoms with Crippen molar-refractivity contribution in [3.8, 4) is 5.75 Å². The van der Waals surface area contributed by atoms with Gasteiger partial charge >= 0.3 is 0 Å². The molecule has 1 N–H and O–H groups in total. The summed E-state index contributed by atoms with van der Waals surface area (Å²) in [6.07, 6.45) is 2.27. The van der Waals surface area contributed by atoms with E-state index in [0.717, 1.165) is 6.42 Å². The maximum absolute atomic E-state index is 13.7. The third-order valence-corrected chi connectivity index (χ3v) is 3.59. The number of benzene rings is 1. The van der Waals surface area contributed by atoms with Crippen LogP contribution in [-0.4, -0.2) is 11.5 Å². The summed E-state index contributed by atoms with van der Waals surface area (Å²) in [6, 6.07) is 2.98. The molecule has 5 heteroatoms. The van der Waals surface area contributed by atoms with E-state index in [9.17, 15) is 9.18 Å². The minimum Gasteiger partial charge on any atom is -0.472 e. The molecule has 1 aromatic rings. The van der Waals surface area contributed by atoms with Crippen LogP contribution in [-0.2, 0) is 4.79 Å². The van der Waals surface area contributed by atoms with Gasteiger partial charge in [-0.3, -0.25) is 4.79 Å². The number of halogens is 2. The van der Waals surface area contributed by atoms with Crippen LogP contribution in [0.2, 0.25) is 0 Å². The number of ether oxygens (including phenoxy) is 1. The lowest BCUT2D eigenvalue weighted by Crippen LogP contribution is -2.55. The number of hydrogen-bond donors (Lipinski definition) is 1. The van der Waals surface area contributed by atoms with Gasteiger partial charge in [0, 0.05) is 4.47 Å². The number of fused-ring (bicyclic) bond motifs is 1. The smallest absolute Gasteiger partial charge is 0.268 e. The minimum absolute atomic E-state index is 0.155. The predicted molar refractivity (Wildman–Crippen MR) is 59.9 cm³/mol. The van der Waals surface area contributed by atoms with Gasteiger partial charge in [-0.15, -0.1) is 0 Å². The van der Waals surface area contributed by atoms with Crippen molar-refractivity contribution in [2.24, 2.45) is 0 Å². The Bertz CT molecular complexity index is 485. The molecule has 1 amide bonds. The fraction of sp³-hybridized carbons (Fsp3) is 0.364. The Labute approximate surface area is 100 Å². The zero-order chi connectivity index (χ0) is 11.3. The van der Waals surface area contributed by atoms with Crippen molar-refractivity contribution >= 4 is 27.5 Å². The van der Waals surface area contributed by atoms with Crippen LogP contribution in [0.15, 0.2) is 16.6 Å². The third-order valence-electron chi connectivity index (χ3n) is 3.13. The SMILES string of the molecule is O=C1Nc2cc(Br)cc(F)c2OC12CCC2. The molecule has 0 saturated heterocycles. The van der Waals surface area contributed by atoms with Crippen molar-refractivity contribution in [2.45, 2.75) is 24.9 Å². The molecule has 0 unspecified atom stereocenters. The number of anilines is 1. The van der Waals surface area contributed by atoms with E-state index in [4.69, 9.17) is 4.74 Å².